The van der Waals surface area contributed by atoms with E-state index in [2.05, 4.69) is 10.3 Å². The molecule has 0 radical (unpaired) electrons. The van der Waals surface area contributed by atoms with Crippen LogP contribution in [0, 0.1) is 13.8 Å². The van der Waals surface area contributed by atoms with E-state index in [1.165, 1.54) is 0 Å². The SMILES string of the molecule is Cc1ccc(C(=O)N(C)CCn2ccnc2C)cc1N1CCNC1=O. The van der Waals surface area contributed by atoms with Crippen molar-refractivity contribution >= 4 is 17.6 Å². The monoisotopic (exact) mass is 341 g/mol. The number of hydrogen-bond acceptors (Lipinski definition) is 3. The summed E-state index contributed by atoms with van der Waals surface area (Å²) in [5.41, 5.74) is 2.36. The average molecular weight is 341 g/mol. The van der Waals surface area contributed by atoms with Gasteiger partial charge in [0.2, 0.25) is 0 Å². The molecule has 0 spiro atoms. The van der Waals surface area contributed by atoms with Gasteiger partial charge in [-0.15, -0.1) is 0 Å². The Hall–Kier alpha value is -2.83. The van der Waals surface area contributed by atoms with E-state index in [0.29, 0.717) is 31.7 Å². The summed E-state index contributed by atoms with van der Waals surface area (Å²) in [6, 6.07) is 5.40. The molecule has 2 heterocycles. The highest BCUT2D eigenvalue weighted by Crippen LogP contribution is 2.24. The summed E-state index contributed by atoms with van der Waals surface area (Å²) in [5.74, 6) is 0.872. The largest absolute Gasteiger partial charge is 0.340 e. The third-order valence-corrected chi connectivity index (χ3v) is 4.55. The number of carbonyl (C=O) groups is 2. The topological polar surface area (TPSA) is 70.5 Å². The molecule has 7 heteroatoms. The number of nitrogens with zero attached hydrogens (tertiary/aromatic N) is 4. The van der Waals surface area contributed by atoms with Gasteiger partial charge in [0.25, 0.3) is 5.91 Å². The summed E-state index contributed by atoms with van der Waals surface area (Å²) >= 11 is 0. The van der Waals surface area contributed by atoms with E-state index in [9.17, 15) is 9.59 Å². The molecule has 1 saturated heterocycles. The molecule has 0 atom stereocenters. The van der Waals surface area contributed by atoms with E-state index in [1.807, 2.05) is 42.8 Å². The summed E-state index contributed by atoms with van der Waals surface area (Å²) in [4.78, 5) is 32.2. The standard InChI is InChI=1S/C18H23N5O2/c1-13-4-5-15(12-16(13)23-9-7-20-18(23)25)17(24)21(3)10-11-22-8-6-19-14(22)2/h4-6,8,12H,7,9-11H2,1-3H3,(H,20,25). The fourth-order valence-electron chi connectivity index (χ4n) is 2.95. The molecule has 25 heavy (non-hydrogen) atoms. The number of urea groups is 1. The van der Waals surface area contributed by atoms with Crippen molar-refractivity contribution in [2.75, 3.05) is 31.6 Å². The number of amides is 3. The molecule has 1 N–H and O–H groups in total. The summed E-state index contributed by atoms with van der Waals surface area (Å²) in [6.07, 6.45) is 3.66. The van der Waals surface area contributed by atoms with Crippen LogP contribution in [-0.4, -0.2) is 53.1 Å². The molecule has 1 aromatic carbocycles. The van der Waals surface area contributed by atoms with Crippen LogP contribution in [-0.2, 0) is 6.54 Å². The van der Waals surface area contributed by atoms with Crippen LogP contribution in [0.1, 0.15) is 21.7 Å². The molecule has 3 rings (SSSR count). The Labute approximate surface area is 147 Å². The van der Waals surface area contributed by atoms with E-state index in [0.717, 1.165) is 17.1 Å². The Morgan fingerprint density at radius 2 is 2.16 bits per heavy atom. The predicted molar refractivity (Wildman–Crippen MR) is 95.8 cm³/mol. The van der Waals surface area contributed by atoms with Gasteiger partial charge < -0.3 is 14.8 Å². The molecule has 1 aromatic heterocycles. The van der Waals surface area contributed by atoms with Gasteiger partial charge >= 0.3 is 6.03 Å². The third kappa shape index (κ3) is 3.50. The van der Waals surface area contributed by atoms with E-state index in [4.69, 9.17) is 0 Å². The Morgan fingerprint density at radius 1 is 1.36 bits per heavy atom. The lowest BCUT2D eigenvalue weighted by molar-refractivity contribution is 0.0790. The third-order valence-electron chi connectivity index (χ3n) is 4.55. The number of carbonyl (C=O) groups excluding carboxylic acids is 2. The number of benzene rings is 1. The molecular weight excluding hydrogens is 318 g/mol. The van der Waals surface area contributed by atoms with Gasteiger partial charge in [0.1, 0.15) is 5.82 Å². The van der Waals surface area contributed by atoms with Crippen LogP contribution in [0.4, 0.5) is 10.5 Å². The molecule has 132 valence electrons. The van der Waals surface area contributed by atoms with Crippen LogP contribution >= 0.6 is 0 Å². The van der Waals surface area contributed by atoms with E-state index >= 15 is 0 Å². The maximum atomic E-state index is 12.7. The van der Waals surface area contributed by atoms with Crippen LogP contribution in [0.3, 0.4) is 0 Å². The lowest BCUT2D eigenvalue weighted by Gasteiger charge is -2.21. The molecule has 1 aliphatic rings. The van der Waals surface area contributed by atoms with Gasteiger partial charge in [-0.25, -0.2) is 9.78 Å². The number of hydrogen-bond donors (Lipinski definition) is 1. The lowest BCUT2D eigenvalue weighted by atomic mass is 10.1. The number of imidazole rings is 1. The first kappa shape index (κ1) is 17.0. The quantitative estimate of drug-likeness (QED) is 0.901. The van der Waals surface area contributed by atoms with Gasteiger partial charge in [-0.1, -0.05) is 6.07 Å². The van der Waals surface area contributed by atoms with Crippen molar-refractivity contribution in [2.45, 2.75) is 20.4 Å². The Bertz CT molecular complexity index is 799. The molecule has 0 aliphatic carbocycles. The molecule has 3 amide bonds. The molecule has 7 nitrogen and oxygen atoms in total. The van der Waals surface area contributed by atoms with E-state index in [-0.39, 0.29) is 11.9 Å². The fraction of sp³-hybridized carbons (Fsp3) is 0.389. The van der Waals surface area contributed by atoms with E-state index in [1.54, 1.807) is 23.0 Å². The molecule has 2 aromatic rings. The number of likely N-dealkylation sites (N-methyl/N-ethyl adjacent to an activating group) is 1. The van der Waals surface area contributed by atoms with Crippen LogP contribution in [0.15, 0.2) is 30.6 Å². The zero-order chi connectivity index (χ0) is 18.0. The van der Waals surface area contributed by atoms with Crippen molar-refractivity contribution in [3.05, 3.63) is 47.5 Å². The van der Waals surface area contributed by atoms with Gasteiger partial charge in [-0.05, 0) is 31.5 Å². The normalized spacial score (nSPS) is 13.9. The van der Waals surface area contributed by atoms with Crippen LogP contribution in [0.25, 0.3) is 0 Å². The second-order valence-electron chi connectivity index (χ2n) is 6.28. The molecule has 0 saturated carbocycles. The minimum Gasteiger partial charge on any atom is -0.340 e. The van der Waals surface area contributed by atoms with Gasteiger partial charge in [0, 0.05) is 56.9 Å². The van der Waals surface area contributed by atoms with Gasteiger partial charge in [0.15, 0.2) is 0 Å². The second-order valence-corrected chi connectivity index (χ2v) is 6.28. The molecule has 1 aliphatic heterocycles. The van der Waals surface area contributed by atoms with Gasteiger partial charge in [-0.2, -0.15) is 0 Å². The zero-order valence-corrected chi connectivity index (χ0v) is 14.8. The molecule has 1 fully saturated rings. The summed E-state index contributed by atoms with van der Waals surface area (Å²) in [6.45, 7) is 6.41. The summed E-state index contributed by atoms with van der Waals surface area (Å²) < 4.78 is 2.01. The highest BCUT2D eigenvalue weighted by molar-refractivity contribution is 5.99. The van der Waals surface area contributed by atoms with Crippen molar-refractivity contribution in [3.63, 3.8) is 0 Å². The first-order chi connectivity index (χ1) is 12.0. The van der Waals surface area contributed by atoms with Crippen LogP contribution in [0.5, 0.6) is 0 Å². The second kappa shape index (κ2) is 6.96. The van der Waals surface area contributed by atoms with Crippen molar-refractivity contribution in [1.29, 1.82) is 0 Å². The highest BCUT2D eigenvalue weighted by Gasteiger charge is 2.24. The van der Waals surface area contributed by atoms with Gasteiger partial charge in [-0.3, -0.25) is 9.69 Å². The number of anilines is 1. The average Bonchev–Trinajstić information content (AvgIpc) is 3.20. The smallest absolute Gasteiger partial charge is 0.322 e. The van der Waals surface area contributed by atoms with Crippen molar-refractivity contribution in [1.82, 2.24) is 19.8 Å². The Kier molecular flexibility index (Phi) is 4.74. The number of aryl methyl sites for hydroxylation is 2. The maximum Gasteiger partial charge on any atom is 0.322 e. The van der Waals surface area contributed by atoms with Gasteiger partial charge in [0.05, 0.1) is 0 Å². The molecule has 0 unspecified atom stereocenters. The first-order valence-corrected chi connectivity index (χ1v) is 8.36. The molecular formula is C18H23N5O2. The number of aromatic nitrogens is 2. The van der Waals surface area contributed by atoms with Crippen molar-refractivity contribution in [2.24, 2.45) is 0 Å². The Morgan fingerprint density at radius 3 is 2.80 bits per heavy atom. The zero-order valence-electron chi connectivity index (χ0n) is 14.8. The predicted octanol–water partition coefficient (Wildman–Crippen LogP) is 1.80. The summed E-state index contributed by atoms with van der Waals surface area (Å²) in [5, 5.41) is 2.79. The Balaban J connectivity index is 1.73. The summed E-state index contributed by atoms with van der Waals surface area (Å²) in [7, 11) is 1.79. The number of nitrogens with one attached hydrogen (secondary N) is 1. The highest BCUT2D eigenvalue weighted by atomic mass is 16.2. The van der Waals surface area contributed by atoms with Crippen molar-refractivity contribution in [3.8, 4) is 0 Å². The van der Waals surface area contributed by atoms with Crippen LogP contribution < -0.4 is 10.2 Å². The minimum absolute atomic E-state index is 0.0568. The number of rotatable bonds is 5. The van der Waals surface area contributed by atoms with Crippen LogP contribution in [0.2, 0.25) is 0 Å². The van der Waals surface area contributed by atoms with Crippen molar-refractivity contribution < 1.29 is 9.59 Å². The maximum absolute atomic E-state index is 12.7. The van der Waals surface area contributed by atoms with E-state index < -0.39 is 0 Å². The fourth-order valence-corrected chi connectivity index (χ4v) is 2.95. The minimum atomic E-state index is -0.114. The molecule has 0 bridgehead atoms. The lowest BCUT2D eigenvalue weighted by Crippen LogP contribution is -2.31. The first-order valence-electron chi connectivity index (χ1n) is 8.36.